The quantitative estimate of drug-likeness (QED) is 0.781. The molecule has 0 fully saturated rings. The minimum Gasteiger partial charge on any atom is -0.375 e. The second-order valence-corrected chi connectivity index (χ2v) is 4.36. The highest BCUT2D eigenvalue weighted by Gasteiger charge is 2.10. The van der Waals surface area contributed by atoms with Crippen LogP contribution in [-0.4, -0.2) is 19.7 Å². The van der Waals surface area contributed by atoms with E-state index in [1.165, 1.54) is 0 Å². The molecule has 0 aliphatic carbocycles. The van der Waals surface area contributed by atoms with Crippen molar-refractivity contribution in [2.75, 3.05) is 5.32 Å². The summed E-state index contributed by atoms with van der Waals surface area (Å²) in [6.45, 7) is 0.522. The number of hydrogen-bond donors (Lipinski definition) is 1. The highest BCUT2D eigenvalue weighted by Crippen LogP contribution is 2.24. The molecule has 0 saturated heterocycles. The van der Waals surface area contributed by atoms with Crippen LogP contribution in [0.5, 0.6) is 0 Å². The summed E-state index contributed by atoms with van der Waals surface area (Å²) in [6, 6.07) is 9.67. The van der Waals surface area contributed by atoms with Crippen LogP contribution in [0.1, 0.15) is 11.5 Å². The van der Waals surface area contributed by atoms with Gasteiger partial charge < -0.3 is 9.88 Å². The van der Waals surface area contributed by atoms with Crippen LogP contribution in [-0.2, 0) is 13.6 Å². The van der Waals surface area contributed by atoms with Crippen molar-refractivity contribution in [1.82, 2.24) is 19.7 Å². The van der Waals surface area contributed by atoms with Gasteiger partial charge in [-0.25, -0.2) is 4.98 Å². The summed E-state index contributed by atoms with van der Waals surface area (Å²) in [4.78, 5) is 4.25. The van der Waals surface area contributed by atoms with E-state index in [1.54, 1.807) is 6.20 Å². The molecule has 6 nitrogen and oxygen atoms in total. The summed E-state index contributed by atoms with van der Waals surface area (Å²) in [6.07, 6.45) is 3.62. The first-order valence-electron chi connectivity index (χ1n) is 6.15. The van der Waals surface area contributed by atoms with Gasteiger partial charge in [0.1, 0.15) is 11.9 Å². The number of fused-ring (bicyclic) bond motifs is 1. The predicted molar refractivity (Wildman–Crippen MR) is 74.8 cm³/mol. The average Bonchev–Trinajstić information content (AvgIpc) is 2.90. The standard InChI is InChI=1S/C14H12N6/c1-20-7-6-16-13(20)9-17-14-10-4-2-3-5-11(10)18-19-12(14)8-15/h2-7H,9H2,1H3,(H,17,18). The normalized spacial score (nSPS) is 10.4. The Hall–Kier alpha value is -2.94. The number of nitrogens with zero attached hydrogens (tertiary/aromatic N) is 5. The van der Waals surface area contributed by atoms with Gasteiger partial charge in [-0.15, -0.1) is 10.2 Å². The molecular formula is C14H12N6. The number of nitrogens with one attached hydrogen (secondary N) is 1. The summed E-state index contributed by atoms with van der Waals surface area (Å²) >= 11 is 0. The molecule has 6 heteroatoms. The Morgan fingerprint density at radius 3 is 2.90 bits per heavy atom. The van der Waals surface area contributed by atoms with Gasteiger partial charge in [-0.05, 0) is 6.07 Å². The van der Waals surface area contributed by atoms with Crippen molar-refractivity contribution in [3.63, 3.8) is 0 Å². The maximum absolute atomic E-state index is 9.18. The Bertz CT molecular complexity index is 799. The summed E-state index contributed by atoms with van der Waals surface area (Å²) in [5.74, 6) is 0.884. The van der Waals surface area contributed by atoms with Crippen molar-refractivity contribution < 1.29 is 0 Å². The van der Waals surface area contributed by atoms with Crippen molar-refractivity contribution in [1.29, 1.82) is 5.26 Å². The van der Waals surface area contributed by atoms with E-state index in [0.717, 1.165) is 16.7 Å². The fourth-order valence-electron chi connectivity index (χ4n) is 2.05. The average molecular weight is 264 g/mol. The fourth-order valence-corrected chi connectivity index (χ4v) is 2.05. The van der Waals surface area contributed by atoms with E-state index < -0.39 is 0 Å². The molecule has 0 unspecified atom stereocenters. The zero-order chi connectivity index (χ0) is 13.9. The van der Waals surface area contributed by atoms with E-state index in [1.807, 2.05) is 42.1 Å². The van der Waals surface area contributed by atoms with Crippen LogP contribution < -0.4 is 5.32 Å². The van der Waals surface area contributed by atoms with Gasteiger partial charge in [-0.3, -0.25) is 0 Å². The lowest BCUT2D eigenvalue weighted by atomic mass is 10.1. The van der Waals surface area contributed by atoms with Gasteiger partial charge in [-0.1, -0.05) is 18.2 Å². The molecule has 0 aliphatic rings. The summed E-state index contributed by atoms with van der Waals surface area (Å²) < 4.78 is 1.93. The molecule has 2 aromatic heterocycles. The molecule has 98 valence electrons. The first kappa shape index (κ1) is 12.1. The lowest BCUT2D eigenvalue weighted by Gasteiger charge is -2.10. The van der Waals surface area contributed by atoms with E-state index >= 15 is 0 Å². The third-order valence-electron chi connectivity index (χ3n) is 3.12. The van der Waals surface area contributed by atoms with E-state index in [-0.39, 0.29) is 5.69 Å². The molecule has 0 radical (unpaired) electrons. The molecule has 0 aliphatic heterocycles. The van der Waals surface area contributed by atoms with Crippen molar-refractivity contribution in [3.8, 4) is 6.07 Å². The highest BCUT2D eigenvalue weighted by atomic mass is 15.1. The molecule has 2 heterocycles. The minimum absolute atomic E-state index is 0.290. The molecule has 0 saturated carbocycles. The van der Waals surface area contributed by atoms with Gasteiger partial charge in [-0.2, -0.15) is 5.26 Å². The third-order valence-corrected chi connectivity index (χ3v) is 3.12. The predicted octanol–water partition coefficient (Wildman–Crippen LogP) is 1.85. The molecule has 1 N–H and O–H groups in total. The van der Waals surface area contributed by atoms with Crippen LogP contribution in [0.3, 0.4) is 0 Å². The van der Waals surface area contributed by atoms with Crippen LogP contribution in [0.2, 0.25) is 0 Å². The third kappa shape index (κ3) is 2.06. The number of imidazole rings is 1. The molecule has 1 aromatic carbocycles. The number of aromatic nitrogens is 4. The summed E-state index contributed by atoms with van der Waals surface area (Å²) in [5.41, 5.74) is 1.74. The van der Waals surface area contributed by atoms with Crippen molar-refractivity contribution in [2.24, 2.45) is 7.05 Å². The van der Waals surface area contributed by atoms with Crippen molar-refractivity contribution in [2.45, 2.75) is 6.54 Å². The maximum Gasteiger partial charge on any atom is 0.186 e. The number of rotatable bonds is 3. The Morgan fingerprint density at radius 2 is 2.15 bits per heavy atom. The number of aryl methyl sites for hydroxylation is 1. The van der Waals surface area contributed by atoms with Crippen molar-refractivity contribution >= 4 is 16.6 Å². The summed E-state index contributed by atoms with van der Waals surface area (Å²) in [7, 11) is 1.93. The van der Waals surface area contributed by atoms with E-state index in [9.17, 15) is 5.26 Å². The van der Waals surface area contributed by atoms with Gasteiger partial charge in [0.25, 0.3) is 0 Å². The Morgan fingerprint density at radius 1 is 1.30 bits per heavy atom. The van der Waals surface area contributed by atoms with Gasteiger partial charge in [0.2, 0.25) is 0 Å². The lowest BCUT2D eigenvalue weighted by molar-refractivity contribution is 0.812. The molecule has 3 aromatic rings. The second kappa shape index (κ2) is 4.97. The smallest absolute Gasteiger partial charge is 0.186 e. The molecule has 0 atom stereocenters. The lowest BCUT2D eigenvalue weighted by Crippen LogP contribution is -2.08. The van der Waals surface area contributed by atoms with Crippen LogP contribution >= 0.6 is 0 Å². The van der Waals surface area contributed by atoms with Crippen molar-refractivity contribution in [3.05, 3.63) is 48.2 Å². The van der Waals surface area contributed by atoms with Crippen LogP contribution in [0.25, 0.3) is 10.9 Å². The first-order valence-corrected chi connectivity index (χ1v) is 6.15. The Labute approximate surface area is 115 Å². The maximum atomic E-state index is 9.18. The molecular weight excluding hydrogens is 252 g/mol. The number of benzene rings is 1. The Balaban J connectivity index is 2.01. The first-order chi connectivity index (χ1) is 9.79. The minimum atomic E-state index is 0.290. The van der Waals surface area contributed by atoms with E-state index in [2.05, 4.69) is 26.6 Å². The largest absolute Gasteiger partial charge is 0.375 e. The van der Waals surface area contributed by atoms with Crippen LogP contribution in [0, 0.1) is 11.3 Å². The van der Waals surface area contributed by atoms with E-state index in [4.69, 9.17) is 0 Å². The highest BCUT2D eigenvalue weighted by molar-refractivity contribution is 5.92. The molecule has 20 heavy (non-hydrogen) atoms. The topological polar surface area (TPSA) is 79.4 Å². The number of hydrogen-bond acceptors (Lipinski definition) is 5. The second-order valence-electron chi connectivity index (χ2n) is 4.36. The zero-order valence-electron chi connectivity index (χ0n) is 10.9. The number of nitriles is 1. The van der Waals surface area contributed by atoms with E-state index in [0.29, 0.717) is 12.2 Å². The van der Waals surface area contributed by atoms with Gasteiger partial charge >= 0.3 is 0 Å². The molecule has 0 spiro atoms. The SMILES string of the molecule is Cn1ccnc1CNc1c(C#N)nnc2ccccc12. The monoisotopic (exact) mass is 264 g/mol. The number of anilines is 1. The van der Waals surface area contributed by atoms with Crippen LogP contribution in [0.4, 0.5) is 5.69 Å². The van der Waals surface area contributed by atoms with Crippen LogP contribution in [0.15, 0.2) is 36.7 Å². The summed E-state index contributed by atoms with van der Waals surface area (Å²) in [5, 5.41) is 21.3. The fraction of sp³-hybridized carbons (Fsp3) is 0.143. The zero-order valence-corrected chi connectivity index (χ0v) is 10.9. The molecule has 0 amide bonds. The molecule has 3 rings (SSSR count). The Kier molecular flexibility index (Phi) is 3.01. The van der Waals surface area contributed by atoms with Gasteiger partial charge in [0.15, 0.2) is 5.69 Å². The van der Waals surface area contributed by atoms with Gasteiger partial charge in [0, 0.05) is 24.8 Å². The molecule has 0 bridgehead atoms. The van der Waals surface area contributed by atoms with Gasteiger partial charge in [0.05, 0.1) is 17.7 Å².